The summed E-state index contributed by atoms with van der Waals surface area (Å²) in [7, 11) is -4.59. The molecular formula is C18H13O4P. The summed E-state index contributed by atoms with van der Waals surface area (Å²) in [6, 6.07) is 21.3. The summed E-state index contributed by atoms with van der Waals surface area (Å²) in [5.74, 6) is 0.186. The van der Waals surface area contributed by atoms with E-state index in [4.69, 9.17) is 14.3 Å². The van der Waals surface area contributed by atoms with Crippen molar-refractivity contribution in [1.29, 1.82) is 0 Å². The number of benzene rings is 4. The van der Waals surface area contributed by atoms with E-state index in [1.807, 2.05) is 36.4 Å². The Morgan fingerprint density at radius 1 is 0.696 bits per heavy atom. The van der Waals surface area contributed by atoms with Crippen LogP contribution in [0, 0.1) is 0 Å². The Morgan fingerprint density at radius 3 is 2.17 bits per heavy atom. The van der Waals surface area contributed by atoms with Crippen LogP contribution in [0.15, 0.2) is 66.7 Å². The fraction of sp³-hybridized carbons (Fsp3) is 0. The van der Waals surface area contributed by atoms with E-state index in [2.05, 4.69) is 18.2 Å². The number of phosphoric ester groups is 1. The van der Waals surface area contributed by atoms with Gasteiger partial charge in [0.2, 0.25) is 0 Å². The van der Waals surface area contributed by atoms with Crippen LogP contribution in [0.5, 0.6) is 5.75 Å². The number of hydrogen-bond acceptors (Lipinski definition) is 2. The second-order valence-electron chi connectivity index (χ2n) is 5.42. The molecule has 0 heterocycles. The lowest BCUT2D eigenvalue weighted by atomic mass is 9.98. The SMILES string of the molecule is O=P(O)(O)Oc1cccc2c1ccc1cc3ccccc3cc12. The van der Waals surface area contributed by atoms with Crippen molar-refractivity contribution in [3.8, 4) is 5.75 Å². The first kappa shape index (κ1) is 14.2. The van der Waals surface area contributed by atoms with Crippen LogP contribution in [-0.4, -0.2) is 9.79 Å². The monoisotopic (exact) mass is 324 g/mol. The first-order chi connectivity index (χ1) is 11.0. The van der Waals surface area contributed by atoms with E-state index in [0.29, 0.717) is 5.39 Å². The van der Waals surface area contributed by atoms with Crippen molar-refractivity contribution in [3.05, 3.63) is 66.7 Å². The van der Waals surface area contributed by atoms with Crippen LogP contribution in [0.3, 0.4) is 0 Å². The summed E-state index contributed by atoms with van der Waals surface area (Å²) in [6.07, 6.45) is 0. The molecule has 0 radical (unpaired) electrons. The summed E-state index contributed by atoms with van der Waals surface area (Å²) in [4.78, 5) is 18.1. The molecule has 0 aromatic heterocycles. The van der Waals surface area contributed by atoms with Crippen molar-refractivity contribution in [1.82, 2.24) is 0 Å². The zero-order valence-corrected chi connectivity index (χ0v) is 12.9. The Hall–Kier alpha value is -2.39. The normalized spacial score (nSPS) is 12.1. The number of rotatable bonds is 2. The first-order valence-electron chi connectivity index (χ1n) is 7.11. The molecule has 5 heteroatoms. The quantitative estimate of drug-likeness (QED) is 0.321. The Bertz CT molecular complexity index is 1100. The van der Waals surface area contributed by atoms with Gasteiger partial charge in [0, 0.05) is 5.39 Å². The van der Waals surface area contributed by atoms with E-state index in [-0.39, 0.29) is 5.75 Å². The number of phosphoric acid groups is 1. The van der Waals surface area contributed by atoms with Crippen molar-refractivity contribution in [2.24, 2.45) is 0 Å². The molecule has 4 nitrogen and oxygen atoms in total. The van der Waals surface area contributed by atoms with Crippen LogP contribution in [0.1, 0.15) is 0 Å². The predicted octanol–water partition coefficient (Wildman–Crippen LogP) is 4.62. The van der Waals surface area contributed by atoms with Gasteiger partial charge in [0.25, 0.3) is 0 Å². The summed E-state index contributed by atoms with van der Waals surface area (Å²) in [6.45, 7) is 0. The van der Waals surface area contributed by atoms with Crippen LogP contribution in [0.25, 0.3) is 32.3 Å². The molecule has 0 amide bonds. The lowest BCUT2D eigenvalue weighted by molar-refractivity contribution is 0.284. The largest absolute Gasteiger partial charge is 0.524 e. The number of hydrogen-bond donors (Lipinski definition) is 2. The third kappa shape index (κ3) is 2.57. The van der Waals surface area contributed by atoms with Gasteiger partial charge in [-0.1, -0.05) is 48.5 Å². The highest BCUT2D eigenvalue weighted by atomic mass is 31.2. The summed E-state index contributed by atoms with van der Waals surface area (Å²) in [5, 5.41) is 5.95. The molecule has 2 N–H and O–H groups in total. The minimum absolute atomic E-state index is 0.186. The second-order valence-corrected chi connectivity index (χ2v) is 6.58. The molecular weight excluding hydrogens is 311 g/mol. The maximum absolute atomic E-state index is 11.2. The molecule has 0 saturated carbocycles. The molecule has 0 unspecified atom stereocenters. The lowest BCUT2D eigenvalue weighted by Gasteiger charge is -2.12. The molecule has 114 valence electrons. The molecule has 0 saturated heterocycles. The summed E-state index contributed by atoms with van der Waals surface area (Å²) >= 11 is 0. The predicted molar refractivity (Wildman–Crippen MR) is 91.6 cm³/mol. The fourth-order valence-electron chi connectivity index (χ4n) is 2.96. The Balaban J connectivity index is 2.06. The third-order valence-electron chi connectivity index (χ3n) is 3.92. The molecule has 0 fully saturated rings. The van der Waals surface area contributed by atoms with Crippen molar-refractivity contribution < 1.29 is 18.9 Å². The standard InChI is InChI=1S/C18H13O4P/c19-23(20,21)22-18-7-3-6-15-16(18)9-8-14-10-12-4-1-2-5-13(12)11-17(14)15/h1-11H,(H2,19,20,21). The van der Waals surface area contributed by atoms with Crippen LogP contribution in [-0.2, 0) is 4.57 Å². The van der Waals surface area contributed by atoms with Gasteiger partial charge < -0.3 is 4.52 Å². The molecule has 4 rings (SSSR count). The molecule has 0 bridgehead atoms. The third-order valence-corrected chi connectivity index (χ3v) is 4.36. The van der Waals surface area contributed by atoms with Crippen LogP contribution >= 0.6 is 7.82 Å². The van der Waals surface area contributed by atoms with Gasteiger partial charge >= 0.3 is 7.82 Å². The van der Waals surface area contributed by atoms with E-state index >= 15 is 0 Å². The average Bonchev–Trinajstić information content (AvgIpc) is 2.51. The van der Waals surface area contributed by atoms with Gasteiger partial charge in [-0.3, -0.25) is 9.79 Å². The molecule has 0 atom stereocenters. The zero-order valence-electron chi connectivity index (χ0n) is 12.0. The van der Waals surface area contributed by atoms with Crippen molar-refractivity contribution >= 4 is 40.1 Å². The molecule has 23 heavy (non-hydrogen) atoms. The van der Waals surface area contributed by atoms with Crippen LogP contribution in [0.2, 0.25) is 0 Å². The molecule has 0 spiro atoms. The topological polar surface area (TPSA) is 66.8 Å². The molecule has 0 aliphatic carbocycles. The van der Waals surface area contributed by atoms with Gasteiger partial charge in [-0.2, -0.15) is 0 Å². The van der Waals surface area contributed by atoms with Crippen LogP contribution < -0.4 is 4.52 Å². The number of fused-ring (bicyclic) bond motifs is 4. The smallest absolute Gasteiger partial charge is 0.404 e. The fourth-order valence-corrected chi connectivity index (χ4v) is 3.38. The second kappa shape index (κ2) is 5.07. The van der Waals surface area contributed by atoms with Gasteiger partial charge in [-0.25, -0.2) is 4.57 Å². The van der Waals surface area contributed by atoms with Gasteiger partial charge in [-0.15, -0.1) is 0 Å². The van der Waals surface area contributed by atoms with E-state index in [0.717, 1.165) is 26.9 Å². The van der Waals surface area contributed by atoms with Crippen LogP contribution in [0.4, 0.5) is 0 Å². The van der Waals surface area contributed by atoms with E-state index < -0.39 is 7.82 Å². The van der Waals surface area contributed by atoms with Crippen molar-refractivity contribution in [3.63, 3.8) is 0 Å². The van der Waals surface area contributed by atoms with Gasteiger partial charge in [0.15, 0.2) is 0 Å². The maximum Gasteiger partial charge on any atom is 0.524 e. The lowest BCUT2D eigenvalue weighted by Crippen LogP contribution is -1.91. The Labute approximate surface area is 132 Å². The maximum atomic E-state index is 11.2. The van der Waals surface area contributed by atoms with Crippen molar-refractivity contribution in [2.45, 2.75) is 0 Å². The van der Waals surface area contributed by atoms with Gasteiger partial charge in [0.05, 0.1) is 0 Å². The Kier molecular flexibility index (Phi) is 3.13. The minimum atomic E-state index is -4.59. The molecule has 4 aromatic rings. The summed E-state index contributed by atoms with van der Waals surface area (Å²) in [5.41, 5.74) is 0. The highest BCUT2D eigenvalue weighted by Gasteiger charge is 2.18. The average molecular weight is 324 g/mol. The van der Waals surface area contributed by atoms with Gasteiger partial charge in [0.1, 0.15) is 5.75 Å². The first-order valence-corrected chi connectivity index (χ1v) is 8.64. The highest BCUT2D eigenvalue weighted by Crippen LogP contribution is 2.42. The molecule has 0 aliphatic rings. The molecule has 0 aliphatic heterocycles. The molecule has 4 aromatic carbocycles. The Morgan fingerprint density at radius 2 is 1.43 bits per heavy atom. The zero-order chi connectivity index (χ0) is 16.0. The minimum Gasteiger partial charge on any atom is -0.404 e. The van der Waals surface area contributed by atoms with Crippen molar-refractivity contribution in [2.75, 3.05) is 0 Å². The summed E-state index contributed by atoms with van der Waals surface area (Å²) < 4.78 is 16.0. The highest BCUT2D eigenvalue weighted by molar-refractivity contribution is 7.46. The van der Waals surface area contributed by atoms with E-state index in [1.54, 1.807) is 12.1 Å². The van der Waals surface area contributed by atoms with Gasteiger partial charge in [-0.05, 0) is 45.1 Å². The van der Waals surface area contributed by atoms with E-state index in [9.17, 15) is 4.57 Å². The van der Waals surface area contributed by atoms with E-state index in [1.165, 1.54) is 0 Å².